The first-order chi connectivity index (χ1) is 16.8. The maximum absolute atomic E-state index is 13.5. The molecule has 0 spiro atoms. The molecular weight excluding hydrogens is 448 g/mol. The van der Waals surface area contributed by atoms with Gasteiger partial charge in [0.1, 0.15) is 11.4 Å². The number of benzene rings is 2. The second-order valence-electron chi connectivity index (χ2n) is 8.42. The molecule has 0 saturated heterocycles. The lowest BCUT2D eigenvalue weighted by Gasteiger charge is -2.24. The van der Waals surface area contributed by atoms with Crippen LogP contribution in [0.15, 0.2) is 62.7 Å². The van der Waals surface area contributed by atoms with Crippen molar-refractivity contribution in [2.45, 2.75) is 26.8 Å². The van der Waals surface area contributed by atoms with Crippen molar-refractivity contribution >= 4 is 28.4 Å². The standard InChI is InChI=1S/C26H28N4O5/c1-16-9-10-20-19(15-35-23(20)17(16)2)13-21(31)29(11-12-34-3)22-24(27)30(26(33)28-25(22)32)14-18-7-5-4-6-8-18/h4-10,15H,11-14,27H2,1-3H3,(H,28,32,33). The van der Waals surface area contributed by atoms with Crippen molar-refractivity contribution in [2.24, 2.45) is 0 Å². The summed E-state index contributed by atoms with van der Waals surface area (Å²) >= 11 is 0. The minimum Gasteiger partial charge on any atom is -0.464 e. The zero-order valence-electron chi connectivity index (χ0n) is 20.0. The average molecular weight is 477 g/mol. The SMILES string of the molecule is COCCN(C(=O)Cc1coc2c(C)c(C)ccc12)c1c(N)n(Cc2ccccc2)c(=O)[nH]c1=O. The molecule has 0 saturated carbocycles. The van der Waals surface area contributed by atoms with Crippen LogP contribution in [0.4, 0.5) is 11.5 Å². The molecule has 0 atom stereocenters. The number of H-pyrrole nitrogens is 1. The monoisotopic (exact) mass is 476 g/mol. The first kappa shape index (κ1) is 24.0. The van der Waals surface area contributed by atoms with Crippen molar-refractivity contribution in [3.05, 3.63) is 91.8 Å². The number of nitrogen functional groups attached to an aromatic ring is 1. The lowest BCUT2D eigenvalue weighted by molar-refractivity contribution is -0.118. The van der Waals surface area contributed by atoms with E-state index in [1.807, 2.05) is 56.3 Å². The Hall–Kier alpha value is -4.11. The molecule has 2 heterocycles. The molecule has 2 aromatic heterocycles. The van der Waals surface area contributed by atoms with Gasteiger partial charge in [0.05, 0.1) is 25.8 Å². The van der Waals surface area contributed by atoms with Gasteiger partial charge in [-0.1, -0.05) is 42.5 Å². The number of carbonyl (C=O) groups is 1. The first-order valence-corrected chi connectivity index (χ1v) is 11.2. The number of fused-ring (bicyclic) bond motifs is 1. The summed E-state index contributed by atoms with van der Waals surface area (Å²) in [7, 11) is 1.50. The molecular formula is C26H28N4O5. The number of aromatic amines is 1. The molecule has 4 rings (SSSR count). The highest BCUT2D eigenvalue weighted by molar-refractivity contribution is 5.99. The number of nitrogens with zero attached hydrogens (tertiary/aromatic N) is 2. The van der Waals surface area contributed by atoms with Crippen LogP contribution < -0.4 is 21.9 Å². The lowest BCUT2D eigenvalue weighted by atomic mass is 10.0. The highest BCUT2D eigenvalue weighted by Crippen LogP contribution is 2.28. The highest BCUT2D eigenvalue weighted by atomic mass is 16.5. The Labute approximate surface area is 201 Å². The molecule has 0 bridgehead atoms. The number of rotatable bonds is 8. The van der Waals surface area contributed by atoms with E-state index in [1.165, 1.54) is 16.6 Å². The van der Waals surface area contributed by atoms with Gasteiger partial charge in [-0.3, -0.25) is 19.1 Å². The Morgan fingerprint density at radius 1 is 1.14 bits per heavy atom. The van der Waals surface area contributed by atoms with Crippen LogP contribution in [0.2, 0.25) is 0 Å². The molecule has 0 unspecified atom stereocenters. The van der Waals surface area contributed by atoms with Gasteiger partial charge in [0.25, 0.3) is 5.56 Å². The Morgan fingerprint density at radius 2 is 1.89 bits per heavy atom. The Bertz CT molecular complexity index is 1480. The van der Waals surface area contributed by atoms with E-state index in [0.29, 0.717) is 5.56 Å². The second-order valence-corrected chi connectivity index (χ2v) is 8.42. The van der Waals surface area contributed by atoms with E-state index in [2.05, 4.69) is 4.98 Å². The fourth-order valence-corrected chi connectivity index (χ4v) is 4.09. The lowest BCUT2D eigenvalue weighted by Crippen LogP contribution is -2.43. The van der Waals surface area contributed by atoms with Crippen molar-refractivity contribution in [2.75, 3.05) is 30.9 Å². The number of furan rings is 1. The summed E-state index contributed by atoms with van der Waals surface area (Å²) in [4.78, 5) is 42.5. The number of carbonyl (C=O) groups excluding carboxylic acids is 1. The molecule has 9 heteroatoms. The molecule has 0 aliphatic carbocycles. The number of nitrogens with one attached hydrogen (secondary N) is 1. The number of hydrogen-bond acceptors (Lipinski definition) is 6. The minimum absolute atomic E-state index is 0.0179. The molecule has 4 aromatic rings. The number of ether oxygens (including phenoxy) is 1. The van der Waals surface area contributed by atoms with E-state index in [1.54, 1.807) is 6.26 Å². The van der Waals surface area contributed by atoms with Gasteiger partial charge < -0.3 is 19.8 Å². The smallest absolute Gasteiger partial charge is 0.330 e. The number of nitrogens with two attached hydrogens (primary N) is 1. The maximum Gasteiger partial charge on any atom is 0.330 e. The van der Waals surface area contributed by atoms with Crippen LogP contribution in [0.25, 0.3) is 11.0 Å². The fraction of sp³-hybridized carbons (Fsp3) is 0.269. The van der Waals surface area contributed by atoms with E-state index < -0.39 is 11.2 Å². The number of hydrogen-bond donors (Lipinski definition) is 2. The Morgan fingerprint density at radius 3 is 2.60 bits per heavy atom. The van der Waals surface area contributed by atoms with Crippen LogP contribution in [0.1, 0.15) is 22.3 Å². The number of methoxy groups -OCH3 is 1. The molecule has 2 aromatic carbocycles. The van der Waals surface area contributed by atoms with Gasteiger partial charge in [0, 0.05) is 24.6 Å². The number of anilines is 2. The third kappa shape index (κ3) is 4.76. The Balaban J connectivity index is 1.74. The summed E-state index contributed by atoms with van der Waals surface area (Å²) in [5.41, 5.74) is 9.22. The summed E-state index contributed by atoms with van der Waals surface area (Å²) in [6, 6.07) is 13.1. The molecule has 0 aliphatic heterocycles. The van der Waals surface area contributed by atoms with Gasteiger partial charge in [0.15, 0.2) is 5.69 Å². The molecule has 182 valence electrons. The predicted molar refractivity (Wildman–Crippen MR) is 135 cm³/mol. The highest BCUT2D eigenvalue weighted by Gasteiger charge is 2.25. The largest absolute Gasteiger partial charge is 0.464 e. The van der Waals surface area contributed by atoms with Crippen molar-refractivity contribution < 1.29 is 13.9 Å². The van der Waals surface area contributed by atoms with Crippen molar-refractivity contribution in [3.8, 4) is 0 Å². The molecule has 0 radical (unpaired) electrons. The van der Waals surface area contributed by atoms with Crippen LogP contribution in [-0.2, 0) is 22.5 Å². The van der Waals surface area contributed by atoms with Gasteiger partial charge >= 0.3 is 5.69 Å². The Kier molecular flexibility index (Phi) is 6.88. The van der Waals surface area contributed by atoms with Crippen molar-refractivity contribution in [1.29, 1.82) is 0 Å². The number of aryl methyl sites for hydroxylation is 2. The van der Waals surface area contributed by atoms with Crippen LogP contribution in [0.3, 0.4) is 0 Å². The molecule has 35 heavy (non-hydrogen) atoms. The van der Waals surface area contributed by atoms with Gasteiger partial charge in [-0.2, -0.15) is 0 Å². The summed E-state index contributed by atoms with van der Waals surface area (Å²) in [5, 5.41) is 0.837. The molecule has 0 aliphatic rings. The van der Waals surface area contributed by atoms with Crippen molar-refractivity contribution in [1.82, 2.24) is 9.55 Å². The third-order valence-electron chi connectivity index (χ3n) is 6.17. The molecule has 3 N–H and O–H groups in total. The summed E-state index contributed by atoms with van der Waals surface area (Å²) in [6.07, 6.45) is 1.54. The van der Waals surface area contributed by atoms with Crippen LogP contribution in [-0.4, -0.2) is 35.7 Å². The second kappa shape index (κ2) is 10.0. The maximum atomic E-state index is 13.5. The molecule has 0 fully saturated rings. The van der Waals surface area contributed by atoms with Gasteiger partial charge in [0.2, 0.25) is 5.91 Å². The van der Waals surface area contributed by atoms with Gasteiger partial charge in [-0.15, -0.1) is 0 Å². The summed E-state index contributed by atoms with van der Waals surface area (Å²) < 4.78 is 12.2. The van der Waals surface area contributed by atoms with Crippen LogP contribution in [0.5, 0.6) is 0 Å². The molecule has 1 amide bonds. The minimum atomic E-state index is -0.732. The topological polar surface area (TPSA) is 124 Å². The van der Waals surface area contributed by atoms with E-state index >= 15 is 0 Å². The quantitative estimate of drug-likeness (QED) is 0.403. The predicted octanol–water partition coefficient (Wildman–Crippen LogP) is 2.75. The fourth-order valence-electron chi connectivity index (χ4n) is 4.09. The number of amides is 1. The average Bonchev–Trinajstić information content (AvgIpc) is 3.24. The van der Waals surface area contributed by atoms with E-state index in [4.69, 9.17) is 14.9 Å². The van der Waals surface area contributed by atoms with Crippen LogP contribution in [0, 0.1) is 13.8 Å². The summed E-state index contributed by atoms with van der Waals surface area (Å²) in [6.45, 7) is 4.36. The third-order valence-corrected chi connectivity index (χ3v) is 6.17. The summed E-state index contributed by atoms with van der Waals surface area (Å²) in [5.74, 6) is -0.458. The first-order valence-electron chi connectivity index (χ1n) is 11.2. The van der Waals surface area contributed by atoms with E-state index in [0.717, 1.165) is 27.7 Å². The van der Waals surface area contributed by atoms with E-state index in [-0.39, 0.29) is 43.5 Å². The normalized spacial score (nSPS) is 11.2. The van der Waals surface area contributed by atoms with Crippen molar-refractivity contribution in [3.63, 3.8) is 0 Å². The van der Waals surface area contributed by atoms with E-state index in [9.17, 15) is 14.4 Å². The zero-order valence-corrected chi connectivity index (χ0v) is 20.0. The molecule has 9 nitrogen and oxygen atoms in total. The van der Waals surface area contributed by atoms with Gasteiger partial charge in [-0.25, -0.2) is 4.79 Å². The van der Waals surface area contributed by atoms with Gasteiger partial charge in [-0.05, 0) is 30.5 Å². The van der Waals surface area contributed by atoms with Crippen LogP contribution >= 0.6 is 0 Å². The number of aromatic nitrogens is 2. The zero-order chi connectivity index (χ0) is 25.1.